The second-order valence-corrected chi connectivity index (χ2v) is 7.50. The van der Waals surface area contributed by atoms with E-state index >= 15 is 0 Å². The fraction of sp³-hybridized carbons (Fsp3) is 0.435. The Labute approximate surface area is 172 Å². The van der Waals surface area contributed by atoms with E-state index in [4.69, 9.17) is 9.47 Å². The largest absolute Gasteiger partial charge is 0.497 e. The van der Waals surface area contributed by atoms with Gasteiger partial charge in [0.15, 0.2) is 5.96 Å². The normalized spacial score (nSPS) is 16.3. The fourth-order valence-electron chi connectivity index (χ4n) is 3.85. The van der Waals surface area contributed by atoms with Gasteiger partial charge in [0.2, 0.25) is 0 Å². The molecular formula is C23H30FN3O2. The molecule has 1 aliphatic heterocycles. The first-order chi connectivity index (χ1) is 14.1. The summed E-state index contributed by atoms with van der Waals surface area (Å²) in [7, 11) is 5.46. The van der Waals surface area contributed by atoms with Crippen molar-refractivity contribution in [3.05, 3.63) is 65.5 Å². The van der Waals surface area contributed by atoms with Crippen LogP contribution in [0.15, 0.2) is 53.5 Å². The van der Waals surface area contributed by atoms with Crippen LogP contribution in [0.4, 0.5) is 4.39 Å². The molecule has 0 radical (unpaired) electrons. The van der Waals surface area contributed by atoms with Gasteiger partial charge in [-0.25, -0.2) is 4.39 Å². The molecule has 0 unspecified atom stereocenters. The first-order valence-electron chi connectivity index (χ1n) is 9.95. The molecular weight excluding hydrogens is 369 g/mol. The third-order valence-electron chi connectivity index (χ3n) is 5.64. The zero-order valence-corrected chi connectivity index (χ0v) is 17.5. The summed E-state index contributed by atoms with van der Waals surface area (Å²) in [5.74, 6) is 1.45. The number of hydrogen-bond acceptors (Lipinski definition) is 3. The van der Waals surface area contributed by atoms with Gasteiger partial charge in [-0.3, -0.25) is 4.99 Å². The maximum Gasteiger partial charge on any atom is 0.193 e. The third kappa shape index (κ3) is 5.26. The Kier molecular flexibility index (Phi) is 7.09. The molecule has 2 aromatic rings. The molecule has 1 N–H and O–H groups in total. The summed E-state index contributed by atoms with van der Waals surface area (Å²) >= 11 is 0. The van der Waals surface area contributed by atoms with Gasteiger partial charge in [0.05, 0.1) is 7.11 Å². The summed E-state index contributed by atoms with van der Waals surface area (Å²) in [6, 6.07) is 14.9. The van der Waals surface area contributed by atoms with E-state index in [1.807, 2.05) is 24.1 Å². The molecule has 1 heterocycles. The minimum absolute atomic E-state index is 0.0167. The predicted molar refractivity (Wildman–Crippen MR) is 114 cm³/mol. The maximum atomic E-state index is 13.2. The lowest BCUT2D eigenvalue weighted by Gasteiger charge is -2.39. The molecule has 1 aliphatic rings. The molecule has 0 bridgehead atoms. The average molecular weight is 400 g/mol. The van der Waals surface area contributed by atoms with E-state index in [-0.39, 0.29) is 11.2 Å². The number of halogens is 1. The minimum Gasteiger partial charge on any atom is -0.497 e. The van der Waals surface area contributed by atoms with Crippen molar-refractivity contribution < 1.29 is 13.9 Å². The highest BCUT2D eigenvalue weighted by molar-refractivity contribution is 5.79. The lowest BCUT2D eigenvalue weighted by molar-refractivity contribution is 0.0512. The Morgan fingerprint density at radius 1 is 1.14 bits per heavy atom. The van der Waals surface area contributed by atoms with Crippen LogP contribution in [0.2, 0.25) is 0 Å². The van der Waals surface area contributed by atoms with Crippen LogP contribution in [0, 0.1) is 5.82 Å². The van der Waals surface area contributed by atoms with E-state index in [1.54, 1.807) is 26.3 Å². The number of nitrogens with one attached hydrogen (secondary N) is 1. The van der Waals surface area contributed by atoms with E-state index in [0.29, 0.717) is 6.54 Å². The third-order valence-corrected chi connectivity index (χ3v) is 5.64. The lowest BCUT2D eigenvalue weighted by Crippen LogP contribution is -2.48. The van der Waals surface area contributed by atoms with Crippen LogP contribution >= 0.6 is 0 Å². The number of ether oxygens (including phenoxy) is 2. The van der Waals surface area contributed by atoms with Gasteiger partial charge in [-0.2, -0.15) is 0 Å². The number of guanidine groups is 1. The average Bonchev–Trinajstić information content (AvgIpc) is 2.76. The molecule has 156 valence electrons. The molecule has 0 atom stereocenters. The SMILES string of the molecule is CN=C(NCC1(c2ccc(OC)cc2)CCOCC1)N(C)Cc1ccc(F)cc1. The molecule has 0 aromatic heterocycles. The standard InChI is InChI=1S/C23H30FN3O2/c1-25-22(27(2)16-18-4-8-20(24)9-5-18)26-17-23(12-14-29-15-13-23)19-6-10-21(28-3)11-7-19/h4-11H,12-17H2,1-3H3,(H,25,26). The second-order valence-electron chi connectivity index (χ2n) is 7.50. The first kappa shape index (κ1) is 21.1. The number of methoxy groups -OCH3 is 1. The summed E-state index contributed by atoms with van der Waals surface area (Å²) in [5.41, 5.74) is 2.30. The first-order valence-corrected chi connectivity index (χ1v) is 9.95. The molecule has 0 aliphatic carbocycles. The summed E-state index contributed by atoms with van der Waals surface area (Å²) in [5, 5.41) is 3.55. The van der Waals surface area contributed by atoms with Crippen molar-refractivity contribution in [3.63, 3.8) is 0 Å². The second kappa shape index (κ2) is 9.74. The molecule has 1 fully saturated rings. The number of aliphatic imine (C=N–C) groups is 1. The number of nitrogens with zero attached hydrogens (tertiary/aromatic N) is 2. The van der Waals surface area contributed by atoms with Gasteiger partial charge >= 0.3 is 0 Å². The van der Waals surface area contributed by atoms with Crippen molar-refractivity contribution >= 4 is 5.96 Å². The molecule has 6 heteroatoms. The summed E-state index contributed by atoms with van der Waals surface area (Å²) in [4.78, 5) is 6.49. The van der Waals surface area contributed by atoms with Crippen LogP contribution in [-0.4, -0.2) is 51.8 Å². The molecule has 1 saturated heterocycles. The minimum atomic E-state index is -0.222. The quantitative estimate of drug-likeness (QED) is 0.596. The van der Waals surface area contributed by atoms with E-state index < -0.39 is 0 Å². The smallest absolute Gasteiger partial charge is 0.193 e. The molecule has 0 amide bonds. The molecule has 29 heavy (non-hydrogen) atoms. The summed E-state index contributed by atoms with van der Waals surface area (Å²) in [6.45, 7) is 2.91. The Bertz CT molecular complexity index is 800. The van der Waals surface area contributed by atoms with Crippen LogP contribution in [0.25, 0.3) is 0 Å². The maximum absolute atomic E-state index is 13.2. The Morgan fingerprint density at radius 3 is 2.38 bits per heavy atom. The van der Waals surface area contributed by atoms with Crippen molar-refractivity contribution in [2.24, 2.45) is 4.99 Å². The van der Waals surface area contributed by atoms with E-state index in [1.165, 1.54) is 17.7 Å². The van der Waals surface area contributed by atoms with Gasteiger partial charge in [-0.1, -0.05) is 24.3 Å². The zero-order chi connectivity index (χ0) is 20.7. The Morgan fingerprint density at radius 2 is 1.79 bits per heavy atom. The Hall–Kier alpha value is -2.60. The summed E-state index contributed by atoms with van der Waals surface area (Å²) in [6.07, 6.45) is 1.90. The van der Waals surface area contributed by atoms with Crippen molar-refractivity contribution in [1.29, 1.82) is 0 Å². The molecule has 0 spiro atoms. The van der Waals surface area contributed by atoms with Gasteiger partial charge in [0.25, 0.3) is 0 Å². The van der Waals surface area contributed by atoms with Crippen molar-refractivity contribution in [3.8, 4) is 5.75 Å². The van der Waals surface area contributed by atoms with Crippen molar-refractivity contribution in [2.45, 2.75) is 24.8 Å². The van der Waals surface area contributed by atoms with Crippen LogP contribution in [0.1, 0.15) is 24.0 Å². The van der Waals surface area contributed by atoms with Gasteiger partial charge < -0.3 is 19.7 Å². The van der Waals surface area contributed by atoms with Gasteiger partial charge in [-0.15, -0.1) is 0 Å². The van der Waals surface area contributed by atoms with Gasteiger partial charge in [-0.05, 0) is 48.2 Å². The topological polar surface area (TPSA) is 46.1 Å². The van der Waals surface area contributed by atoms with Crippen molar-refractivity contribution in [1.82, 2.24) is 10.2 Å². The molecule has 2 aromatic carbocycles. The van der Waals surface area contributed by atoms with E-state index in [9.17, 15) is 4.39 Å². The fourth-order valence-corrected chi connectivity index (χ4v) is 3.85. The summed E-state index contributed by atoms with van der Waals surface area (Å²) < 4.78 is 24.1. The van der Waals surface area contributed by atoms with E-state index in [0.717, 1.165) is 49.9 Å². The van der Waals surface area contributed by atoms with E-state index in [2.05, 4.69) is 22.4 Å². The van der Waals surface area contributed by atoms with Gasteiger partial charge in [0, 0.05) is 45.8 Å². The van der Waals surface area contributed by atoms with Crippen molar-refractivity contribution in [2.75, 3.05) is 41.0 Å². The van der Waals surface area contributed by atoms with Crippen LogP contribution in [-0.2, 0) is 16.7 Å². The van der Waals surface area contributed by atoms with Crippen LogP contribution in [0.3, 0.4) is 0 Å². The number of benzene rings is 2. The molecule has 0 saturated carbocycles. The lowest BCUT2D eigenvalue weighted by atomic mass is 9.74. The van der Waals surface area contributed by atoms with Gasteiger partial charge in [0.1, 0.15) is 11.6 Å². The highest BCUT2D eigenvalue weighted by atomic mass is 19.1. The Balaban J connectivity index is 1.70. The molecule has 5 nitrogen and oxygen atoms in total. The molecule has 3 rings (SSSR count). The highest BCUT2D eigenvalue weighted by Gasteiger charge is 2.35. The number of rotatable bonds is 6. The monoisotopic (exact) mass is 399 g/mol. The van der Waals surface area contributed by atoms with Crippen LogP contribution < -0.4 is 10.1 Å². The number of hydrogen-bond donors (Lipinski definition) is 1. The predicted octanol–water partition coefficient (Wildman–Crippen LogP) is 3.59. The zero-order valence-electron chi connectivity index (χ0n) is 17.5. The highest BCUT2D eigenvalue weighted by Crippen LogP contribution is 2.35. The van der Waals surface area contributed by atoms with Crippen LogP contribution in [0.5, 0.6) is 5.75 Å².